The van der Waals surface area contributed by atoms with Gasteiger partial charge in [-0.25, -0.2) is 8.78 Å². The van der Waals surface area contributed by atoms with Crippen molar-refractivity contribution in [2.45, 2.75) is 13.0 Å². The van der Waals surface area contributed by atoms with Gasteiger partial charge in [-0.2, -0.15) is 0 Å². The Morgan fingerprint density at radius 1 is 1.00 bits per heavy atom. The maximum Gasteiger partial charge on any atom is 0.149 e. The molecule has 2 rings (SSSR count). The zero-order chi connectivity index (χ0) is 13.1. The van der Waals surface area contributed by atoms with Crippen LogP contribution in [0.4, 0.5) is 14.5 Å². The highest BCUT2D eigenvalue weighted by molar-refractivity contribution is 9.10. The van der Waals surface area contributed by atoms with Crippen LogP contribution in [0.2, 0.25) is 0 Å². The average Bonchev–Trinajstić information content (AvgIpc) is 2.34. The fourth-order valence-electron chi connectivity index (χ4n) is 1.69. The molecule has 0 aromatic heterocycles. The molecule has 0 aliphatic carbocycles. The van der Waals surface area contributed by atoms with E-state index in [1.54, 1.807) is 0 Å². The summed E-state index contributed by atoms with van der Waals surface area (Å²) in [5.41, 5.74) is 0.869. The highest BCUT2D eigenvalue weighted by atomic mass is 79.9. The van der Waals surface area contributed by atoms with Crippen LogP contribution in [0.1, 0.15) is 18.5 Å². The molecule has 1 N–H and O–H groups in total. The van der Waals surface area contributed by atoms with Crippen molar-refractivity contribution >= 4 is 21.6 Å². The van der Waals surface area contributed by atoms with Crippen molar-refractivity contribution in [2.24, 2.45) is 0 Å². The van der Waals surface area contributed by atoms with E-state index in [9.17, 15) is 8.78 Å². The third kappa shape index (κ3) is 2.88. The monoisotopic (exact) mass is 311 g/mol. The molecule has 0 heterocycles. The summed E-state index contributed by atoms with van der Waals surface area (Å²) in [5.74, 6) is -1.17. The lowest BCUT2D eigenvalue weighted by atomic mass is 10.1. The van der Waals surface area contributed by atoms with Gasteiger partial charge in [-0.15, -0.1) is 0 Å². The molecule has 1 unspecified atom stereocenters. The lowest BCUT2D eigenvalue weighted by molar-refractivity contribution is 0.584. The van der Waals surface area contributed by atoms with Crippen LogP contribution in [0.25, 0.3) is 0 Å². The molecule has 0 amide bonds. The molecule has 2 aromatic carbocycles. The fourth-order valence-corrected chi connectivity index (χ4v) is 1.95. The van der Waals surface area contributed by atoms with Gasteiger partial charge in [0.25, 0.3) is 0 Å². The van der Waals surface area contributed by atoms with E-state index in [4.69, 9.17) is 0 Å². The molecule has 0 fully saturated rings. The lowest BCUT2D eigenvalue weighted by Gasteiger charge is -2.16. The molecule has 0 aliphatic rings. The van der Waals surface area contributed by atoms with Crippen molar-refractivity contribution in [2.75, 3.05) is 5.32 Å². The largest absolute Gasteiger partial charge is 0.374 e. The van der Waals surface area contributed by atoms with Gasteiger partial charge in [-0.05, 0) is 36.8 Å². The van der Waals surface area contributed by atoms with Gasteiger partial charge in [0.05, 0.1) is 0 Å². The Bertz CT molecular complexity index is 520. The first-order valence-corrected chi connectivity index (χ1v) is 6.33. The van der Waals surface area contributed by atoms with Crippen molar-refractivity contribution in [3.8, 4) is 0 Å². The smallest absolute Gasteiger partial charge is 0.149 e. The molecule has 1 atom stereocenters. The van der Waals surface area contributed by atoms with E-state index in [0.717, 1.165) is 10.0 Å². The number of hydrogen-bond donors (Lipinski definition) is 1. The molecule has 0 aliphatic heterocycles. The Morgan fingerprint density at radius 2 is 1.56 bits per heavy atom. The molecular weight excluding hydrogens is 300 g/mol. The minimum atomic E-state index is -0.584. The molecule has 0 spiro atoms. The van der Waals surface area contributed by atoms with Gasteiger partial charge >= 0.3 is 0 Å². The van der Waals surface area contributed by atoms with Gasteiger partial charge in [-0.1, -0.05) is 34.1 Å². The molecule has 1 nitrogen and oxygen atoms in total. The molecule has 94 valence electrons. The Hall–Kier alpha value is -1.42. The Morgan fingerprint density at radius 3 is 2.11 bits per heavy atom. The molecule has 4 heteroatoms. The van der Waals surface area contributed by atoms with Crippen molar-refractivity contribution in [1.82, 2.24) is 0 Å². The van der Waals surface area contributed by atoms with Gasteiger partial charge in [0.15, 0.2) is 0 Å². The second-order valence-electron chi connectivity index (χ2n) is 4.01. The summed E-state index contributed by atoms with van der Waals surface area (Å²) in [6, 6.07) is 11.2. The molecule has 0 saturated carbocycles. The highest BCUT2D eigenvalue weighted by Crippen LogP contribution is 2.25. The topological polar surface area (TPSA) is 12.0 Å². The SMILES string of the molecule is CC(Nc1c(F)cccc1F)c1ccc(Br)cc1. The van der Waals surface area contributed by atoms with Gasteiger partial charge in [0.2, 0.25) is 0 Å². The van der Waals surface area contributed by atoms with Crippen LogP contribution in [0.5, 0.6) is 0 Å². The first kappa shape index (κ1) is 13.0. The zero-order valence-corrected chi connectivity index (χ0v) is 11.3. The molecular formula is C14H12BrF2N. The Balaban J connectivity index is 2.21. The van der Waals surface area contributed by atoms with Gasteiger partial charge in [0.1, 0.15) is 17.3 Å². The summed E-state index contributed by atoms with van der Waals surface area (Å²) in [6.07, 6.45) is 0. The number of para-hydroxylation sites is 1. The predicted octanol–water partition coefficient (Wildman–Crippen LogP) is 4.90. The predicted molar refractivity (Wildman–Crippen MR) is 72.5 cm³/mol. The van der Waals surface area contributed by atoms with Gasteiger partial charge in [-0.3, -0.25) is 0 Å². The molecule has 2 aromatic rings. The summed E-state index contributed by atoms with van der Waals surface area (Å²) in [6.45, 7) is 1.86. The van der Waals surface area contributed by atoms with Crippen LogP contribution in [0, 0.1) is 11.6 Å². The minimum Gasteiger partial charge on any atom is -0.374 e. The van der Waals surface area contributed by atoms with Crippen LogP contribution in [0.3, 0.4) is 0 Å². The van der Waals surface area contributed by atoms with Crippen molar-refractivity contribution < 1.29 is 8.78 Å². The summed E-state index contributed by atoms with van der Waals surface area (Å²) in [5, 5.41) is 2.85. The Labute approximate surface area is 113 Å². The maximum absolute atomic E-state index is 13.5. The molecule has 0 radical (unpaired) electrons. The third-order valence-corrected chi connectivity index (χ3v) is 3.22. The number of halogens is 3. The van der Waals surface area contributed by atoms with Gasteiger partial charge < -0.3 is 5.32 Å². The van der Waals surface area contributed by atoms with Crippen LogP contribution in [-0.4, -0.2) is 0 Å². The van der Waals surface area contributed by atoms with E-state index in [1.807, 2.05) is 31.2 Å². The summed E-state index contributed by atoms with van der Waals surface area (Å²) in [4.78, 5) is 0. The van der Waals surface area contributed by atoms with Crippen LogP contribution in [-0.2, 0) is 0 Å². The lowest BCUT2D eigenvalue weighted by Crippen LogP contribution is -2.09. The number of rotatable bonds is 3. The van der Waals surface area contributed by atoms with Crippen molar-refractivity contribution in [3.63, 3.8) is 0 Å². The van der Waals surface area contributed by atoms with Crippen LogP contribution in [0.15, 0.2) is 46.9 Å². The van der Waals surface area contributed by atoms with E-state index in [1.165, 1.54) is 18.2 Å². The Kier molecular flexibility index (Phi) is 3.97. The second-order valence-corrected chi connectivity index (χ2v) is 4.93. The number of hydrogen-bond acceptors (Lipinski definition) is 1. The van der Waals surface area contributed by atoms with E-state index >= 15 is 0 Å². The molecule has 0 bridgehead atoms. The van der Waals surface area contributed by atoms with Crippen LogP contribution >= 0.6 is 15.9 Å². The number of anilines is 1. The normalized spacial score (nSPS) is 12.2. The standard InChI is InChI=1S/C14H12BrF2N/c1-9(10-5-7-11(15)8-6-10)18-14-12(16)3-2-4-13(14)17/h2-9,18H,1H3. The summed E-state index contributed by atoms with van der Waals surface area (Å²) in [7, 11) is 0. The fraction of sp³-hybridized carbons (Fsp3) is 0.143. The average molecular weight is 312 g/mol. The number of benzene rings is 2. The zero-order valence-electron chi connectivity index (χ0n) is 9.75. The third-order valence-electron chi connectivity index (χ3n) is 2.69. The maximum atomic E-state index is 13.5. The molecule has 0 saturated heterocycles. The van der Waals surface area contributed by atoms with Crippen molar-refractivity contribution in [1.29, 1.82) is 0 Å². The van der Waals surface area contributed by atoms with Crippen molar-refractivity contribution in [3.05, 3.63) is 64.1 Å². The van der Waals surface area contributed by atoms with E-state index < -0.39 is 11.6 Å². The molecule has 18 heavy (non-hydrogen) atoms. The first-order chi connectivity index (χ1) is 8.58. The highest BCUT2D eigenvalue weighted by Gasteiger charge is 2.12. The van der Waals surface area contributed by atoms with Crippen LogP contribution < -0.4 is 5.32 Å². The number of nitrogens with one attached hydrogen (secondary N) is 1. The minimum absolute atomic E-state index is 0.0899. The summed E-state index contributed by atoms with van der Waals surface area (Å²) >= 11 is 3.34. The quantitative estimate of drug-likeness (QED) is 0.850. The summed E-state index contributed by atoms with van der Waals surface area (Å²) < 4.78 is 27.9. The van der Waals surface area contributed by atoms with E-state index in [-0.39, 0.29) is 11.7 Å². The van der Waals surface area contributed by atoms with E-state index in [2.05, 4.69) is 21.2 Å². The first-order valence-electron chi connectivity index (χ1n) is 5.54. The second kappa shape index (κ2) is 5.48. The van der Waals surface area contributed by atoms with E-state index in [0.29, 0.717) is 0 Å². The van der Waals surface area contributed by atoms with Gasteiger partial charge in [0, 0.05) is 10.5 Å².